The molecule has 0 amide bonds. The first kappa shape index (κ1) is 27.9. The fourth-order valence-corrected chi connectivity index (χ4v) is 3.28. The Morgan fingerprint density at radius 2 is 1.00 bits per heavy atom. The van der Waals surface area contributed by atoms with Crippen molar-refractivity contribution in [2.24, 2.45) is 0 Å². The summed E-state index contributed by atoms with van der Waals surface area (Å²) in [7, 11) is 0. The molecule has 0 radical (unpaired) electrons. The first-order valence-electron chi connectivity index (χ1n) is 10.7. The monoisotopic (exact) mass is 382 g/mol. The molecule has 0 saturated carbocycles. The first-order chi connectivity index (χ1) is 12.1. The van der Waals surface area contributed by atoms with Gasteiger partial charge in [0.2, 0.25) is 0 Å². The van der Waals surface area contributed by atoms with Gasteiger partial charge in [-0.1, -0.05) is 39.0 Å². The molecule has 0 saturated heterocycles. The molecule has 0 aliphatic heterocycles. The second-order valence-electron chi connectivity index (χ2n) is 7.15. The Kier molecular flexibility index (Phi) is 27.6. The minimum absolute atomic E-state index is 1.13. The van der Waals surface area contributed by atoms with Gasteiger partial charge in [0.25, 0.3) is 0 Å². The number of hydrogen-bond acceptors (Lipinski definition) is 3. The van der Waals surface area contributed by atoms with E-state index in [0.29, 0.717) is 0 Å². The predicted molar refractivity (Wildman–Crippen MR) is 107 cm³/mol. The second-order valence-corrected chi connectivity index (χ2v) is 8.26. The molecule has 0 aromatic heterocycles. The average molecular weight is 383 g/mol. The molecule has 0 rings (SSSR count). The van der Waals surface area contributed by atoms with Gasteiger partial charge in [0.05, 0.1) is 12.1 Å². The van der Waals surface area contributed by atoms with E-state index in [-0.39, 0.29) is 0 Å². The van der Waals surface area contributed by atoms with Crippen molar-refractivity contribution in [1.82, 2.24) is 0 Å². The van der Waals surface area contributed by atoms with Crippen LogP contribution in [-0.4, -0.2) is 53.0 Å². The number of carboxylic acid groups (broad SMARTS) is 1. The molecule has 1 unspecified atom stereocenters. The van der Waals surface area contributed by atoms with Gasteiger partial charge < -0.3 is 15.0 Å². The summed E-state index contributed by atoms with van der Waals surface area (Å²) >= 11 is 1.50. The molecule has 25 heavy (non-hydrogen) atoms. The van der Waals surface area contributed by atoms with E-state index in [4.69, 9.17) is 5.11 Å². The molecular weight excluding hydrogens is 340 g/mol. The van der Waals surface area contributed by atoms with Crippen molar-refractivity contribution in [1.29, 1.82) is 0 Å². The zero-order valence-electron chi connectivity index (χ0n) is 17.1. The summed E-state index contributed by atoms with van der Waals surface area (Å²) < 4.78 is 1.50. The van der Waals surface area contributed by atoms with Crippen molar-refractivity contribution in [3.05, 3.63) is 0 Å². The van der Waals surface area contributed by atoms with Crippen molar-refractivity contribution < 1.29 is 15.0 Å². The third-order valence-electron chi connectivity index (χ3n) is 4.44. The molecular formula is C21H42CaO3. The van der Waals surface area contributed by atoms with Crippen LogP contribution in [0.5, 0.6) is 0 Å². The molecule has 0 heterocycles. The van der Waals surface area contributed by atoms with Gasteiger partial charge in [-0.3, -0.25) is 0 Å². The van der Waals surface area contributed by atoms with Gasteiger partial charge in [-0.15, -0.1) is 0 Å². The fraction of sp³-hybridized carbons (Fsp3) is 0.952. The van der Waals surface area contributed by atoms with Crippen LogP contribution in [-0.2, 0) is 4.79 Å². The minimum atomic E-state index is -1.44. The zero-order valence-corrected chi connectivity index (χ0v) is 19.3. The third-order valence-corrected chi connectivity index (χ3v) is 5.23. The van der Waals surface area contributed by atoms with Crippen LogP contribution < -0.4 is 5.11 Å². The normalized spacial score (nSPS) is 11.7. The van der Waals surface area contributed by atoms with Gasteiger partial charge in [0.15, 0.2) is 0 Å². The van der Waals surface area contributed by atoms with E-state index in [1.54, 1.807) is 0 Å². The van der Waals surface area contributed by atoms with Crippen LogP contribution in [0.25, 0.3) is 0 Å². The molecule has 0 fully saturated rings. The molecule has 4 heteroatoms. The molecule has 1 N–H and O–H groups in total. The summed E-state index contributed by atoms with van der Waals surface area (Å²) in [5.74, 6) is -1.44. The van der Waals surface area contributed by atoms with Crippen LogP contribution in [0.15, 0.2) is 0 Å². The summed E-state index contributed by atoms with van der Waals surface area (Å²) in [6.45, 7) is 3.43. The van der Waals surface area contributed by atoms with E-state index in [1.165, 1.54) is 141 Å². The Balaban J connectivity index is 0. The summed E-state index contributed by atoms with van der Waals surface area (Å²) in [6.07, 6.45) is 22.4. The Bertz CT molecular complexity index is 242. The first-order valence-corrected chi connectivity index (χ1v) is 12.3. The van der Waals surface area contributed by atoms with Crippen molar-refractivity contribution in [2.45, 2.75) is 125 Å². The van der Waals surface area contributed by atoms with Crippen LogP contribution in [0.2, 0.25) is 2.52 Å². The van der Waals surface area contributed by atoms with Crippen LogP contribution in [0.4, 0.5) is 0 Å². The summed E-state index contributed by atoms with van der Waals surface area (Å²) in [4.78, 5) is 9.34. The number of unbranched alkanes of at least 4 members (excludes halogenated alkanes) is 15. The number of aliphatic hydroxyl groups excluding tert-OH is 1. The van der Waals surface area contributed by atoms with Gasteiger partial charge in [-0.2, -0.15) is 0 Å². The predicted octanol–water partition coefficient (Wildman–Crippen LogP) is 4.95. The van der Waals surface area contributed by atoms with Gasteiger partial charge in [-0.05, 0) is 6.92 Å². The number of rotatable bonds is 17. The van der Waals surface area contributed by atoms with Crippen LogP contribution in [0, 0.1) is 0 Å². The number of aliphatic hydroxyl groups is 1. The van der Waals surface area contributed by atoms with Crippen LogP contribution >= 0.6 is 0 Å². The molecule has 0 aromatic rings. The number of hydrogen-bond donors (Lipinski definition) is 1. The molecule has 0 aliphatic rings. The van der Waals surface area contributed by atoms with Gasteiger partial charge in [0, 0.05) is 0 Å². The molecule has 3 nitrogen and oxygen atoms in total. The van der Waals surface area contributed by atoms with E-state index in [1.807, 2.05) is 0 Å². The standard InChI is InChI=1S/C18H37.C3H6O3.Ca/c1-3-5-7-9-11-13-15-17-18-16-14-12-10-8-6-4-2;1-2(4)3(5)6;/h1,3-18H2,2H3;2,4H,1H3,(H,5,6);/q;;+1/p-1. The Hall–Kier alpha value is 0.690. The van der Waals surface area contributed by atoms with E-state index in [0.717, 1.165) is 6.92 Å². The summed E-state index contributed by atoms with van der Waals surface area (Å²) in [5, 5.41) is 17.3. The number of carboxylic acids is 1. The SMILES string of the molecule is CC(O)C(=O)[O-].CCCCCCCCCCCCCCCCC[CH2][Ca+]. The maximum absolute atomic E-state index is 9.34. The van der Waals surface area contributed by atoms with Gasteiger partial charge >= 0.3 is 109 Å². The quantitative estimate of drug-likeness (QED) is 0.286. The summed E-state index contributed by atoms with van der Waals surface area (Å²) in [6, 6.07) is 0. The number of carbonyl (C=O) groups excluding carboxylic acids is 1. The number of aliphatic carboxylic acids is 1. The van der Waals surface area contributed by atoms with Crippen LogP contribution in [0.3, 0.4) is 0 Å². The Labute approximate surface area is 181 Å². The molecule has 1 atom stereocenters. The number of carbonyl (C=O) groups is 1. The van der Waals surface area contributed by atoms with Gasteiger partial charge in [-0.25, -0.2) is 0 Å². The maximum atomic E-state index is 9.34. The van der Waals surface area contributed by atoms with E-state index < -0.39 is 12.1 Å². The molecule has 0 aliphatic carbocycles. The molecule has 0 bridgehead atoms. The molecule has 146 valence electrons. The topological polar surface area (TPSA) is 60.4 Å². The fourth-order valence-electron chi connectivity index (χ4n) is 2.72. The second kappa shape index (κ2) is 24.7. The van der Waals surface area contributed by atoms with Crippen molar-refractivity contribution in [3.8, 4) is 0 Å². The van der Waals surface area contributed by atoms with E-state index in [2.05, 4.69) is 6.92 Å². The van der Waals surface area contributed by atoms with Crippen molar-refractivity contribution >= 4 is 41.8 Å². The van der Waals surface area contributed by atoms with Crippen molar-refractivity contribution in [2.75, 3.05) is 0 Å². The third kappa shape index (κ3) is 29.7. The van der Waals surface area contributed by atoms with E-state index in [9.17, 15) is 9.90 Å². The van der Waals surface area contributed by atoms with Crippen molar-refractivity contribution in [3.63, 3.8) is 0 Å². The molecule has 0 spiro atoms. The van der Waals surface area contributed by atoms with Crippen LogP contribution in [0.1, 0.15) is 117 Å². The summed E-state index contributed by atoms with van der Waals surface area (Å²) in [5.41, 5.74) is 0. The Morgan fingerprint density at radius 1 is 0.760 bits per heavy atom. The average Bonchev–Trinajstić information content (AvgIpc) is 2.59. The zero-order chi connectivity index (χ0) is 19.2. The van der Waals surface area contributed by atoms with E-state index >= 15 is 0 Å². The van der Waals surface area contributed by atoms with Gasteiger partial charge in [0.1, 0.15) is 0 Å². The Morgan fingerprint density at radius 3 is 1.20 bits per heavy atom. The molecule has 0 aromatic carbocycles.